The molecular weight excluding hydrogens is 280 g/mol. The molecule has 20 heavy (non-hydrogen) atoms. The SMILES string of the molecule is O=C(Cc1ccncc1)Nc1ccc(C(=O)O)cc1Cl. The number of nitrogens with one attached hydrogen (secondary N) is 1. The van der Waals surface area contributed by atoms with Crippen molar-refractivity contribution in [2.24, 2.45) is 0 Å². The lowest BCUT2D eigenvalue weighted by Crippen LogP contribution is -2.14. The van der Waals surface area contributed by atoms with Gasteiger partial charge in [-0.05, 0) is 35.9 Å². The zero-order chi connectivity index (χ0) is 14.5. The Hall–Kier alpha value is -2.40. The van der Waals surface area contributed by atoms with E-state index in [1.54, 1.807) is 24.5 Å². The second kappa shape index (κ2) is 6.16. The summed E-state index contributed by atoms with van der Waals surface area (Å²) in [5.41, 5.74) is 1.29. The zero-order valence-electron chi connectivity index (χ0n) is 10.3. The maximum absolute atomic E-state index is 11.8. The largest absolute Gasteiger partial charge is 0.478 e. The second-order valence-corrected chi connectivity index (χ2v) is 4.49. The molecule has 1 heterocycles. The van der Waals surface area contributed by atoms with E-state index in [1.165, 1.54) is 18.2 Å². The van der Waals surface area contributed by atoms with Gasteiger partial charge in [0.2, 0.25) is 5.91 Å². The Balaban J connectivity index is 2.06. The average Bonchev–Trinajstić information content (AvgIpc) is 2.42. The van der Waals surface area contributed by atoms with Crippen molar-refractivity contribution in [3.8, 4) is 0 Å². The molecule has 0 radical (unpaired) electrons. The predicted molar refractivity (Wildman–Crippen MR) is 75.0 cm³/mol. The lowest BCUT2D eigenvalue weighted by atomic mass is 10.1. The van der Waals surface area contributed by atoms with Crippen molar-refractivity contribution in [3.05, 3.63) is 58.9 Å². The van der Waals surface area contributed by atoms with Crippen LogP contribution >= 0.6 is 11.6 Å². The van der Waals surface area contributed by atoms with Crippen LogP contribution in [0, 0.1) is 0 Å². The fourth-order valence-electron chi connectivity index (χ4n) is 1.63. The van der Waals surface area contributed by atoms with Gasteiger partial charge < -0.3 is 10.4 Å². The van der Waals surface area contributed by atoms with Crippen LogP contribution in [0.25, 0.3) is 0 Å². The van der Waals surface area contributed by atoms with Crippen LogP contribution in [-0.4, -0.2) is 22.0 Å². The van der Waals surface area contributed by atoms with Crippen molar-refractivity contribution in [2.75, 3.05) is 5.32 Å². The monoisotopic (exact) mass is 290 g/mol. The molecule has 0 spiro atoms. The Morgan fingerprint density at radius 1 is 1.20 bits per heavy atom. The van der Waals surface area contributed by atoms with Gasteiger partial charge in [-0.25, -0.2) is 4.79 Å². The van der Waals surface area contributed by atoms with Gasteiger partial charge >= 0.3 is 5.97 Å². The minimum absolute atomic E-state index is 0.0714. The predicted octanol–water partition coefficient (Wildman–Crippen LogP) is 2.61. The summed E-state index contributed by atoms with van der Waals surface area (Å²) in [6, 6.07) is 7.64. The van der Waals surface area contributed by atoms with Crippen LogP contribution in [-0.2, 0) is 11.2 Å². The van der Waals surface area contributed by atoms with Crippen molar-refractivity contribution in [3.63, 3.8) is 0 Å². The van der Waals surface area contributed by atoms with E-state index in [0.29, 0.717) is 5.69 Å². The van der Waals surface area contributed by atoms with E-state index in [2.05, 4.69) is 10.3 Å². The van der Waals surface area contributed by atoms with Gasteiger partial charge in [0.1, 0.15) is 0 Å². The number of carboxylic acids is 1. The smallest absolute Gasteiger partial charge is 0.335 e. The number of carboxylic acid groups (broad SMARTS) is 1. The fourth-order valence-corrected chi connectivity index (χ4v) is 1.86. The van der Waals surface area contributed by atoms with Crippen LogP contribution in [0.1, 0.15) is 15.9 Å². The maximum atomic E-state index is 11.8. The van der Waals surface area contributed by atoms with Crippen LogP contribution in [0.3, 0.4) is 0 Å². The molecule has 1 amide bonds. The third kappa shape index (κ3) is 3.55. The van der Waals surface area contributed by atoms with E-state index in [9.17, 15) is 9.59 Å². The number of benzene rings is 1. The highest BCUT2D eigenvalue weighted by molar-refractivity contribution is 6.34. The first-order chi connectivity index (χ1) is 9.56. The van der Waals surface area contributed by atoms with E-state index in [1.807, 2.05) is 0 Å². The molecule has 6 heteroatoms. The molecule has 0 aliphatic carbocycles. The van der Waals surface area contributed by atoms with E-state index < -0.39 is 5.97 Å². The molecule has 0 atom stereocenters. The van der Waals surface area contributed by atoms with Gasteiger partial charge in [0.25, 0.3) is 0 Å². The number of hydrogen-bond acceptors (Lipinski definition) is 3. The number of carbonyl (C=O) groups excluding carboxylic acids is 1. The van der Waals surface area contributed by atoms with Crippen LogP contribution in [0.4, 0.5) is 5.69 Å². The number of anilines is 1. The molecule has 0 unspecified atom stereocenters. The normalized spacial score (nSPS) is 10.1. The first kappa shape index (κ1) is 14.0. The molecule has 1 aromatic carbocycles. The first-order valence-corrected chi connectivity index (χ1v) is 6.15. The molecule has 2 rings (SSSR count). The molecule has 5 nitrogen and oxygen atoms in total. The summed E-state index contributed by atoms with van der Waals surface area (Å²) in [5, 5.41) is 11.7. The molecule has 0 bridgehead atoms. The highest BCUT2D eigenvalue weighted by Gasteiger charge is 2.10. The third-order valence-electron chi connectivity index (χ3n) is 2.60. The van der Waals surface area contributed by atoms with E-state index >= 15 is 0 Å². The quantitative estimate of drug-likeness (QED) is 0.907. The summed E-state index contributed by atoms with van der Waals surface area (Å²) in [6.45, 7) is 0. The summed E-state index contributed by atoms with van der Waals surface area (Å²) < 4.78 is 0. The molecule has 0 aliphatic rings. The molecule has 0 fully saturated rings. The number of aromatic nitrogens is 1. The average molecular weight is 291 g/mol. The minimum Gasteiger partial charge on any atom is -0.478 e. The Kier molecular flexibility index (Phi) is 4.32. The Morgan fingerprint density at radius 3 is 2.50 bits per heavy atom. The number of rotatable bonds is 4. The first-order valence-electron chi connectivity index (χ1n) is 5.78. The summed E-state index contributed by atoms with van der Waals surface area (Å²) >= 11 is 5.93. The third-order valence-corrected chi connectivity index (χ3v) is 2.92. The van der Waals surface area contributed by atoms with Gasteiger partial charge in [-0.15, -0.1) is 0 Å². The van der Waals surface area contributed by atoms with E-state index in [4.69, 9.17) is 16.7 Å². The summed E-state index contributed by atoms with van der Waals surface area (Å²) in [6.07, 6.45) is 3.41. The maximum Gasteiger partial charge on any atom is 0.335 e. The van der Waals surface area contributed by atoms with Crippen LogP contribution in [0.5, 0.6) is 0 Å². The summed E-state index contributed by atoms with van der Waals surface area (Å²) in [5.74, 6) is -1.30. The Morgan fingerprint density at radius 2 is 1.90 bits per heavy atom. The Bertz CT molecular complexity index is 644. The summed E-state index contributed by atoms with van der Waals surface area (Å²) in [7, 11) is 0. The molecule has 1 aromatic heterocycles. The number of aromatic carboxylic acids is 1. The van der Waals surface area contributed by atoms with Crippen molar-refractivity contribution in [1.82, 2.24) is 4.98 Å². The molecule has 2 aromatic rings. The molecule has 0 aliphatic heterocycles. The number of hydrogen-bond donors (Lipinski definition) is 2. The van der Waals surface area contributed by atoms with Crippen LogP contribution in [0.15, 0.2) is 42.7 Å². The lowest BCUT2D eigenvalue weighted by molar-refractivity contribution is -0.115. The van der Waals surface area contributed by atoms with E-state index in [0.717, 1.165) is 5.56 Å². The second-order valence-electron chi connectivity index (χ2n) is 4.08. The topological polar surface area (TPSA) is 79.3 Å². The van der Waals surface area contributed by atoms with Crippen LogP contribution in [0.2, 0.25) is 5.02 Å². The standard InChI is InChI=1S/C14H11ClN2O3/c15-11-8-10(14(19)20)1-2-12(11)17-13(18)7-9-3-5-16-6-4-9/h1-6,8H,7H2,(H,17,18)(H,19,20). The Labute approximate surface area is 120 Å². The molecule has 2 N–H and O–H groups in total. The minimum atomic E-state index is -1.07. The van der Waals surface area contributed by atoms with Crippen molar-refractivity contribution in [1.29, 1.82) is 0 Å². The lowest BCUT2D eigenvalue weighted by Gasteiger charge is -2.08. The highest BCUT2D eigenvalue weighted by Crippen LogP contribution is 2.23. The van der Waals surface area contributed by atoms with Gasteiger partial charge in [0, 0.05) is 12.4 Å². The molecular formula is C14H11ClN2O3. The number of amides is 1. The number of nitrogens with zero attached hydrogens (tertiary/aromatic N) is 1. The fraction of sp³-hybridized carbons (Fsp3) is 0.0714. The van der Waals surface area contributed by atoms with Gasteiger partial charge in [0.15, 0.2) is 0 Å². The zero-order valence-corrected chi connectivity index (χ0v) is 11.1. The van der Waals surface area contributed by atoms with Crippen molar-refractivity contribution >= 4 is 29.2 Å². The van der Waals surface area contributed by atoms with Gasteiger partial charge in [-0.2, -0.15) is 0 Å². The van der Waals surface area contributed by atoms with Crippen molar-refractivity contribution < 1.29 is 14.7 Å². The van der Waals surface area contributed by atoms with Crippen LogP contribution < -0.4 is 5.32 Å². The highest BCUT2D eigenvalue weighted by atomic mass is 35.5. The number of pyridine rings is 1. The van der Waals surface area contributed by atoms with Gasteiger partial charge in [-0.1, -0.05) is 11.6 Å². The molecule has 0 saturated carbocycles. The number of carbonyl (C=O) groups is 2. The molecule has 0 saturated heterocycles. The van der Waals surface area contributed by atoms with Gasteiger partial charge in [0.05, 0.1) is 22.7 Å². The number of halogens is 1. The van der Waals surface area contributed by atoms with Crippen molar-refractivity contribution in [2.45, 2.75) is 6.42 Å². The molecule has 102 valence electrons. The van der Waals surface area contributed by atoms with E-state index in [-0.39, 0.29) is 22.9 Å². The summed E-state index contributed by atoms with van der Waals surface area (Å²) in [4.78, 5) is 26.5. The van der Waals surface area contributed by atoms with Gasteiger partial charge in [-0.3, -0.25) is 9.78 Å².